The highest BCUT2D eigenvalue weighted by Crippen LogP contribution is 2.37. The highest BCUT2D eigenvalue weighted by molar-refractivity contribution is 5.91. The van der Waals surface area contributed by atoms with Crippen LogP contribution in [0.1, 0.15) is 16.1 Å². The zero-order valence-electron chi connectivity index (χ0n) is 9.79. The lowest BCUT2D eigenvalue weighted by atomic mass is 10.2. The van der Waals surface area contributed by atoms with Gasteiger partial charge in [-0.05, 0) is 6.92 Å². The number of hydrogen-bond acceptors (Lipinski definition) is 5. The van der Waals surface area contributed by atoms with Gasteiger partial charge in [-0.2, -0.15) is 0 Å². The van der Waals surface area contributed by atoms with Crippen LogP contribution in [0.25, 0.3) is 0 Å². The van der Waals surface area contributed by atoms with Gasteiger partial charge in [0.15, 0.2) is 11.4 Å². The number of halogens is 3. The molecule has 0 aliphatic rings. The number of rotatable bonds is 3. The molecule has 0 spiro atoms. The molecule has 1 rings (SSSR count). The van der Waals surface area contributed by atoms with Crippen LogP contribution in [-0.4, -0.2) is 31.5 Å². The third-order valence-electron chi connectivity index (χ3n) is 1.97. The smallest absolute Gasteiger partial charge is 0.492 e. The first-order valence-corrected chi connectivity index (χ1v) is 4.67. The molecule has 0 N–H and O–H groups in total. The first kappa shape index (κ1) is 14.1. The summed E-state index contributed by atoms with van der Waals surface area (Å²) in [6.45, 7) is 1.47. The number of esters is 1. The Balaban J connectivity index is 3.39. The van der Waals surface area contributed by atoms with Crippen molar-refractivity contribution in [2.45, 2.75) is 13.3 Å². The largest absolute Gasteiger partial charge is 0.573 e. The number of nitrogens with zero attached hydrogens (tertiary/aromatic N) is 1. The second kappa shape index (κ2) is 5.11. The molecule has 0 unspecified atom stereocenters. The lowest BCUT2D eigenvalue weighted by Gasteiger charge is -2.16. The van der Waals surface area contributed by atoms with Gasteiger partial charge in [-0.3, -0.25) is 0 Å². The van der Waals surface area contributed by atoms with Crippen LogP contribution in [0.5, 0.6) is 11.5 Å². The van der Waals surface area contributed by atoms with Gasteiger partial charge in [-0.25, -0.2) is 9.78 Å². The molecule has 0 aliphatic carbocycles. The van der Waals surface area contributed by atoms with Crippen molar-refractivity contribution in [2.24, 2.45) is 0 Å². The van der Waals surface area contributed by atoms with Gasteiger partial charge in [-0.1, -0.05) is 0 Å². The van der Waals surface area contributed by atoms with E-state index in [0.717, 1.165) is 14.2 Å². The molecule has 1 aromatic heterocycles. The molecule has 0 saturated heterocycles. The molecular formula is C10H10F3NO4. The van der Waals surface area contributed by atoms with E-state index < -0.39 is 23.8 Å². The maximum Gasteiger partial charge on any atom is 0.573 e. The summed E-state index contributed by atoms with van der Waals surface area (Å²) in [6, 6.07) is 0. The summed E-state index contributed by atoms with van der Waals surface area (Å²) < 4.78 is 49.7. The molecule has 100 valence electrons. The summed E-state index contributed by atoms with van der Waals surface area (Å²) in [5.41, 5.74) is -0.304. The van der Waals surface area contributed by atoms with Crippen molar-refractivity contribution < 1.29 is 32.2 Å². The van der Waals surface area contributed by atoms with E-state index in [2.05, 4.69) is 14.5 Å². The maximum atomic E-state index is 12.3. The Morgan fingerprint density at radius 2 is 1.89 bits per heavy atom. The Morgan fingerprint density at radius 3 is 2.33 bits per heavy atom. The SMILES string of the molecule is COC(=O)c1ncc(C)c(OC)c1OC(F)(F)F. The van der Waals surface area contributed by atoms with E-state index in [1.165, 1.54) is 13.1 Å². The summed E-state index contributed by atoms with van der Waals surface area (Å²) in [7, 11) is 2.18. The van der Waals surface area contributed by atoms with Crippen LogP contribution in [-0.2, 0) is 4.74 Å². The number of ether oxygens (including phenoxy) is 3. The number of pyridine rings is 1. The van der Waals surface area contributed by atoms with Gasteiger partial charge in [0, 0.05) is 11.8 Å². The standard InChI is InChI=1S/C10H10F3NO4/c1-5-4-14-6(9(15)17-3)8(7(5)16-2)18-10(11,12)13/h4H,1-3H3. The molecule has 0 radical (unpaired) electrons. The van der Waals surface area contributed by atoms with E-state index >= 15 is 0 Å². The maximum absolute atomic E-state index is 12.3. The second-order valence-electron chi connectivity index (χ2n) is 3.19. The molecule has 0 bridgehead atoms. The second-order valence-corrected chi connectivity index (χ2v) is 3.19. The van der Waals surface area contributed by atoms with E-state index in [0.29, 0.717) is 5.56 Å². The average Bonchev–Trinajstić information content (AvgIpc) is 2.26. The zero-order valence-corrected chi connectivity index (χ0v) is 9.79. The molecular weight excluding hydrogens is 255 g/mol. The van der Waals surface area contributed by atoms with Crippen LogP contribution >= 0.6 is 0 Å². The van der Waals surface area contributed by atoms with Gasteiger partial charge < -0.3 is 14.2 Å². The third-order valence-corrected chi connectivity index (χ3v) is 1.97. The third kappa shape index (κ3) is 3.02. The summed E-state index contributed by atoms with van der Waals surface area (Å²) in [5, 5.41) is 0. The number of hydrogen-bond donors (Lipinski definition) is 0. The molecule has 0 saturated carbocycles. The highest BCUT2D eigenvalue weighted by atomic mass is 19.4. The quantitative estimate of drug-likeness (QED) is 0.783. The minimum Gasteiger partial charge on any atom is -0.492 e. The number of aromatic nitrogens is 1. The van der Waals surface area contributed by atoms with Crippen molar-refractivity contribution in [1.82, 2.24) is 4.98 Å². The fourth-order valence-corrected chi connectivity index (χ4v) is 1.27. The molecule has 0 aromatic carbocycles. The van der Waals surface area contributed by atoms with Crippen molar-refractivity contribution >= 4 is 5.97 Å². The summed E-state index contributed by atoms with van der Waals surface area (Å²) >= 11 is 0. The number of methoxy groups -OCH3 is 2. The summed E-state index contributed by atoms with van der Waals surface area (Å²) in [6.07, 6.45) is -3.78. The van der Waals surface area contributed by atoms with Crippen molar-refractivity contribution in [3.05, 3.63) is 17.5 Å². The monoisotopic (exact) mass is 265 g/mol. The molecule has 18 heavy (non-hydrogen) atoms. The summed E-state index contributed by atoms with van der Waals surface area (Å²) in [4.78, 5) is 14.9. The Morgan fingerprint density at radius 1 is 1.28 bits per heavy atom. The normalized spacial score (nSPS) is 11.0. The number of carbonyl (C=O) groups is 1. The van der Waals surface area contributed by atoms with Gasteiger partial charge in [0.05, 0.1) is 14.2 Å². The molecule has 1 heterocycles. The zero-order chi connectivity index (χ0) is 13.9. The van der Waals surface area contributed by atoms with Crippen LogP contribution in [0.2, 0.25) is 0 Å². The fourth-order valence-electron chi connectivity index (χ4n) is 1.27. The lowest BCUT2D eigenvalue weighted by Crippen LogP contribution is -2.21. The van der Waals surface area contributed by atoms with Gasteiger partial charge in [-0.15, -0.1) is 13.2 Å². The minimum absolute atomic E-state index is 0.220. The van der Waals surface area contributed by atoms with Gasteiger partial charge in [0.25, 0.3) is 0 Å². The minimum atomic E-state index is -4.97. The van der Waals surface area contributed by atoms with Crippen molar-refractivity contribution in [1.29, 1.82) is 0 Å². The van der Waals surface area contributed by atoms with Gasteiger partial charge >= 0.3 is 12.3 Å². The first-order valence-electron chi connectivity index (χ1n) is 4.67. The molecule has 0 amide bonds. The summed E-state index contributed by atoms with van der Waals surface area (Å²) in [5.74, 6) is -2.08. The van der Waals surface area contributed by atoms with Crippen LogP contribution in [0.15, 0.2) is 6.20 Å². The molecule has 0 aliphatic heterocycles. The number of carbonyl (C=O) groups excluding carboxylic acids is 1. The van der Waals surface area contributed by atoms with Crippen LogP contribution in [0, 0.1) is 6.92 Å². The van der Waals surface area contributed by atoms with Crippen LogP contribution in [0.3, 0.4) is 0 Å². The van der Waals surface area contributed by atoms with Gasteiger partial charge in [0.1, 0.15) is 0 Å². The van der Waals surface area contributed by atoms with E-state index in [-0.39, 0.29) is 5.75 Å². The molecule has 1 aromatic rings. The molecule has 5 nitrogen and oxygen atoms in total. The molecule has 0 fully saturated rings. The topological polar surface area (TPSA) is 57.7 Å². The van der Waals surface area contributed by atoms with Crippen LogP contribution in [0.4, 0.5) is 13.2 Å². The van der Waals surface area contributed by atoms with E-state index in [4.69, 9.17) is 4.74 Å². The molecule has 0 atom stereocenters. The molecule has 8 heteroatoms. The number of alkyl halides is 3. The van der Waals surface area contributed by atoms with Crippen molar-refractivity contribution in [3.8, 4) is 11.5 Å². The van der Waals surface area contributed by atoms with Crippen molar-refractivity contribution in [3.63, 3.8) is 0 Å². The van der Waals surface area contributed by atoms with E-state index in [1.807, 2.05) is 0 Å². The van der Waals surface area contributed by atoms with Crippen LogP contribution < -0.4 is 9.47 Å². The lowest BCUT2D eigenvalue weighted by molar-refractivity contribution is -0.275. The predicted octanol–water partition coefficient (Wildman–Crippen LogP) is 2.08. The Hall–Kier alpha value is -1.99. The Labute approximate surface area is 100 Å². The predicted molar refractivity (Wildman–Crippen MR) is 53.5 cm³/mol. The fraction of sp³-hybridized carbons (Fsp3) is 0.400. The first-order chi connectivity index (χ1) is 8.30. The average molecular weight is 265 g/mol. The van der Waals surface area contributed by atoms with Crippen molar-refractivity contribution in [2.75, 3.05) is 14.2 Å². The Kier molecular flexibility index (Phi) is 4.00. The van der Waals surface area contributed by atoms with E-state index in [9.17, 15) is 18.0 Å². The van der Waals surface area contributed by atoms with Gasteiger partial charge in [0.2, 0.25) is 5.75 Å². The van der Waals surface area contributed by atoms with E-state index in [1.54, 1.807) is 0 Å². The Bertz CT molecular complexity index is 459. The highest BCUT2D eigenvalue weighted by Gasteiger charge is 2.36. The number of aryl methyl sites for hydroxylation is 1.